The van der Waals surface area contributed by atoms with E-state index in [2.05, 4.69) is 35.8 Å². The molecule has 1 saturated carbocycles. The summed E-state index contributed by atoms with van der Waals surface area (Å²) in [4.78, 5) is 17.1. The van der Waals surface area contributed by atoms with Crippen LogP contribution < -0.4 is 5.32 Å². The molecule has 1 aliphatic carbocycles. The van der Waals surface area contributed by atoms with Gasteiger partial charge in [0, 0.05) is 28.6 Å². The summed E-state index contributed by atoms with van der Waals surface area (Å²) < 4.78 is 0. The lowest BCUT2D eigenvalue weighted by Gasteiger charge is -2.20. The van der Waals surface area contributed by atoms with E-state index >= 15 is 0 Å². The smallest absolute Gasteiger partial charge is 0.224 e. The number of hydrogen-bond donors (Lipinski definition) is 1. The minimum atomic E-state index is 0.134. The molecule has 0 bridgehead atoms. The fourth-order valence-electron chi connectivity index (χ4n) is 3.93. The number of aromatic nitrogens is 1. The van der Waals surface area contributed by atoms with Crippen LogP contribution in [0, 0.1) is 12.8 Å². The Labute approximate surface area is 170 Å². The van der Waals surface area contributed by atoms with Crippen LogP contribution in [-0.2, 0) is 4.79 Å². The molecule has 0 atom stereocenters. The summed E-state index contributed by atoms with van der Waals surface area (Å²) in [5, 5.41) is 6.19. The van der Waals surface area contributed by atoms with Crippen molar-refractivity contribution in [2.24, 2.45) is 5.92 Å². The van der Waals surface area contributed by atoms with Crippen molar-refractivity contribution in [3.63, 3.8) is 0 Å². The van der Waals surface area contributed by atoms with Crippen LogP contribution in [0.3, 0.4) is 0 Å². The van der Waals surface area contributed by atoms with Crippen molar-refractivity contribution < 1.29 is 4.79 Å². The molecule has 0 aliphatic heterocycles. The van der Waals surface area contributed by atoms with Gasteiger partial charge >= 0.3 is 0 Å². The monoisotopic (exact) mass is 390 g/mol. The largest absolute Gasteiger partial charge is 0.326 e. The predicted molar refractivity (Wildman–Crippen MR) is 118 cm³/mol. The molecule has 1 N–H and O–H groups in total. The first-order valence-electron chi connectivity index (χ1n) is 10.1. The van der Waals surface area contributed by atoms with Crippen molar-refractivity contribution in [1.29, 1.82) is 0 Å². The molecule has 0 radical (unpaired) electrons. The summed E-state index contributed by atoms with van der Waals surface area (Å²) in [5.41, 5.74) is 5.33. The van der Waals surface area contributed by atoms with Gasteiger partial charge in [0.2, 0.25) is 5.91 Å². The average molecular weight is 391 g/mol. The lowest BCUT2D eigenvalue weighted by Crippen LogP contribution is -2.18. The number of thiazole rings is 1. The van der Waals surface area contributed by atoms with E-state index in [1.807, 2.05) is 30.3 Å². The van der Waals surface area contributed by atoms with Gasteiger partial charge in [0.25, 0.3) is 0 Å². The second kappa shape index (κ2) is 8.70. The molecule has 144 valence electrons. The first kappa shape index (κ1) is 18.9. The zero-order valence-corrected chi connectivity index (χ0v) is 17.1. The molecule has 1 heterocycles. The van der Waals surface area contributed by atoms with Gasteiger partial charge in [-0.15, -0.1) is 11.3 Å². The third-order valence-corrected chi connectivity index (χ3v) is 6.42. The molecule has 1 amide bonds. The Morgan fingerprint density at radius 3 is 2.57 bits per heavy atom. The van der Waals surface area contributed by atoms with E-state index in [1.165, 1.54) is 43.2 Å². The van der Waals surface area contributed by atoms with Crippen molar-refractivity contribution in [1.82, 2.24) is 4.98 Å². The number of anilines is 1. The lowest BCUT2D eigenvalue weighted by molar-refractivity contribution is -0.117. The van der Waals surface area contributed by atoms with Crippen molar-refractivity contribution >= 4 is 22.9 Å². The molecule has 28 heavy (non-hydrogen) atoms. The molecule has 4 rings (SSSR count). The number of nitrogens with zero attached hydrogens (tertiary/aromatic N) is 1. The highest BCUT2D eigenvalue weighted by Crippen LogP contribution is 2.31. The maximum Gasteiger partial charge on any atom is 0.224 e. The van der Waals surface area contributed by atoms with Gasteiger partial charge in [0.1, 0.15) is 5.01 Å². The highest BCUT2D eigenvalue weighted by molar-refractivity contribution is 7.13. The Morgan fingerprint density at radius 2 is 1.82 bits per heavy atom. The minimum absolute atomic E-state index is 0.134. The quantitative estimate of drug-likeness (QED) is 0.527. The normalized spacial score (nSPS) is 14.8. The summed E-state index contributed by atoms with van der Waals surface area (Å²) in [6, 6.07) is 16.3. The summed E-state index contributed by atoms with van der Waals surface area (Å²) >= 11 is 1.67. The maximum atomic E-state index is 12.3. The number of carbonyl (C=O) groups is 1. The molecular formula is C24H26N2OS. The molecular weight excluding hydrogens is 364 g/mol. The standard InChI is InChI=1S/C24H26N2OS/c1-17-7-5-6-10-21(17)24-26-22(16-28-24)19-11-13-20(14-12-19)25-23(27)15-18-8-3-2-4-9-18/h5-7,10-14,16,18H,2-4,8-9,15H2,1H3,(H,25,27). The van der Waals surface area contributed by atoms with Gasteiger partial charge in [0.05, 0.1) is 5.69 Å². The molecule has 4 heteroatoms. The SMILES string of the molecule is Cc1ccccc1-c1nc(-c2ccc(NC(=O)CC3CCCCC3)cc2)cs1. The fourth-order valence-corrected chi connectivity index (χ4v) is 4.85. The van der Waals surface area contributed by atoms with E-state index in [0.717, 1.165) is 22.0 Å². The summed E-state index contributed by atoms with van der Waals surface area (Å²) in [6.07, 6.45) is 6.89. The third-order valence-electron chi connectivity index (χ3n) is 5.54. The zero-order chi connectivity index (χ0) is 19.3. The summed E-state index contributed by atoms with van der Waals surface area (Å²) in [7, 11) is 0. The highest BCUT2D eigenvalue weighted by Gasteiger charge is 2.17. The maximum absolute atomic E-state index is 12.3. The average Bonchev–Trinajstić information content (AvgIpc) is 3.19. The van der Waals surface area contributed by atoms with Gasteiger partial charge in [-0.05, 0) is 43.4 Å². The third kappa shape index (κ3) is 4.50. The van der Waals surface area contributed by atoms with Crippen molar-refractivity contribution in [3.8, 4) is 21.8 Å². The number of benzene rings is 2. The van der Waals surface area contributed by atoms with Crippen LogP contribution in [0.25, 0.3) is 21.8 Å². The first-order chi connectivity index (χ1) is 13.7. The van der Waals surface area contributed by atoms with Crippen LogP contribution in [0.4, 0.5) is 5.69 Å². The number of rotatable bonds is 5. The molecule has 1 fully saturated rings. The molecule has 0 saturated heterocycles. The topological polar surface area (TPSA) is 42.0 Å². The number of nitrogens with one attached hydrogen (secondary N) is 1. The molecule has 1 aromatic heterocycles. The fraction of sp³-hybridized carbons (Fsp3) is 0.333. The Hall–Kier alpha value is -2.46. The molecule has 3 aromatic rings. The van der Waals surface area contributed by atoms with E-state index in [9.17, 15) is 4.79 Å². The Bertz CT molecular complexity index is 939. The van der Waals surface area contributed by atoms with Gasteiger partial charge in [-0.3, -0.25) is 4.79 Å². The Balaban J connectivity index is 1.41. The Morgan fingerprint density at radius 1 is 1.07 bits per heavy atom. The summed E-state index contributed by atoms with van der Waals surface area (Å²) in [5.74, 6) is 0.693. The second-order valence-corrected chi connectivity index (χ2v) is 8.54. The van der Waals surface area contributed by atoms with Crippen molar-refractivity contribution in [3.05, 3.63) is 59.5 Å². The minimum Gasteiger partial charge on any atom is -0.326 e. The van der Waals surface area contributed by atoms with E-state index < -0.39 is 0 Å². The zero-order valence-electron chi connectivity index (χ0n) is 16.3. The number of carbonyl (C=O) groups excluding carboxylic acids is 1. The molecule has 2 aromatic carbocycles. The number of amides is 1. The number of aryl methyl sites for hydroxylation is 1. The van der Waals surface area contributed by atoms with Crippen LogP contribution in [0.15, 0.2) is 53.9 Å². The lowest BCUT2D eigenvalue weighted by atomic mass is 9.87. The van der Waals surface area contributed by atoms with Crippen LogP contribution >= 0.6 is 11.3 Å². The van der Waals surface area contributed by atoms with Crippen LogP contribution in [0.5, 0.6) is 0 Å². The van der Waals surface area contributed by atoms with Crippen LogP contribution in [0.2, 0.25) is 0 Å². The van der Waals surface area contributed by atoms with Crippen LogP contribution in [0.1, 0.15) is 44.1 Å². The molecule has 3 nitrogen and oxygen atoms in total. The van der Waals surface area contributed by atoms with E-state index in [4.69, 9.17) is 4.98 Å². The van der Waals surface area contributed by atoms with Gasteiger partial charge < -0.3 is 5.32 Å². The molecule has 0 spiro atoms. The molecule has 0 unspecified atom stereocenters. The van der Waals surface area contributed by atoms with Gasteiger partial charge in [-0.1, -0.05) is 55.7 Å². The first-order valence-corrected chi connectivity index (χ1v) is 11.0. The summed E-state index contributed by atoms with van der Waals surface area (Å²) in [6.45, 7) is 2.11. The predicted octanol–water partition coefficient (Wildman–Crippen LogP) is 6.69. The van der Waals surface area contributed by atoms with Crippen molar-refractivity contribution in [2.75, 3.05) is 5.32 Å². The van der Waals surface area contributed by atoms with Gasteiger partial charge in [-0.25, -0.2) is 4.98 Å². The van der Waals surface area contributed by atoms with Crippen molar-refractivity contribution in [2.45, 2.75) is 45.4 Å². The number of hydrogen-bond acceptors (Lipinski definition) is 3. The van der Waals surface area contributed by atoms with Crippen LogP contribution in [-0.4, -0.2) is 10.9 Å². The van der Waals surface area contributed by atoms with E-state index in [0.29, 0.717) is 12.3 Å². The van der Waals surface area contributed by atoms with E-state index in [-0.39, 0.29) is 5.91 Å². The van der Waals surface area contributed by atoms with Gasteiger partial charge in [0.15, 0.2) is 0 Å². The Kier molecular flexibility index (Phi) is 5.87. The van der Waals surface area contributed by atoms with Gasteiger partial charge in [-0.2, -0.15) is 0 Å². The highest BCUT2D eigenvalue weighted by atomic mass is 32.1. The second-order valence-electron chi connectivity index (χ2n) is 7.69. The van der Waals surface area contributed by atoms with E-state index in [1.54, 1.807) is 11.3 Å². The molecule has 1 aliphatic rings.